The molecule has 1 aromatic carbocycles. The summed E-state index contributed by atoms with van der Waals surface area (Å²) in [7, 11) is 0. The molecular weight excluding hydrogens is 270 g/mol. The number of hydrogen-bond donors (Lipinski definition) is 1. The van der Waals surface area contributed by atoms with Gasteiger partial charge in [-0.2, -0.15) is 0 Å². The van der Waals surface area contributed by atoms with Crippen molar-refractivity contribution in [2.24, 2.45) is 0 Å². The maximum absolute atomic E-state index is 12.4. The van der Waals surface area contributed by atoms with Gasteiger partial charge in [-0.05, 0) is 18.6 Å². The van der Waals surface area contributed by atoms with E-state index in [1.165, 1.54) is 0 Å². The summed E-state index contributed by atoms with van der Waals surface area (Å²) >= 11 is 0. The number of rotatable bonds is 2. The van der Waals surface area contributed by atoms with Crippen LogP contribution in [0.25, 0.3) is 0 Å². The first-order valence-electron chi connectivity index (χ1n) is 7.20. The molecule has 2 atom stereocenters. The van der Waals surface area contributed by atoms with Crippen molar-refractivity contribution in [3.8, 4) is 11.5 Å². The van der Waals surface area contributed by atoms with E-state index >= 15 is 0 Å². The highest BCUT2D eigenvalue weighted by molar-refractivity contribution is 5.84. The summed E-state index contributed by atoms with van der Waals surface area (Å²) < 4.78 is 11.6. The third kappa shape index (κ3) is 2.21. The lowest BCUT2D eigenvalue weighted by atomic mass is 10.1. The minimum Gasteiger partial charge on any atom is -0.486 e. The molecule has 0 saturated carbocycles. The molecule has 1 saturated heterocycles. The van der Waals surface area contributed by atoms with Crippen LogP contribution in [-0.2, 0) is 4.79 Å². The first-order valence-corrected chi connectivity index (χ1v) is 7.20. The molecule has 0 spiro atoms. The van der Waals surface area contributed by atoms with Crippen molar-refractivity contribution in [1.29, 1.82) is 0 Å². The summed E-state index contributed by atoms with van der Waals surface area (Å²) in [5, 5.41) is 1.88. The van der Waals surface area contributed by atoms with E-state index in [4.69, 9.17) is 9.47 Å². The monoisotopic (exact) mass is 287 g/mol. The van der Waals surface area contributed by atoms with E-state index in [9.17, 15) is 4.79 Å². The molecule has 3 aliphatic rings. The molecule has 0 radical (unpaired) electrons. The molecule has 6 nitrogen and oxygen atoms in total. The van der Waals surface area contributed by atoms with Gasteiger partial charge in [-0.15, -0.1) is 0 Å². The molecule has 110 valence electrons. The standard InChI is InChI=1S/C15H17N3O3/c19-15-12-5-6-16-18(12)8-7-17(15)9-11-10-20-13-3-1-2-4-14(13)21-11/h1-4,7-8,11-12,16H,5-6,9-10H2. The SMILES string of the molecule is O=C1C2CCNN2C=CN1CC1COc2ccccc2O1. The zero-order valence-electron chi connectivity index (χ0n) is 11.6. The number of hydrazine groups is 1. The first kappa shape index (κ1) is 12.5. The quantitative estimate of drug-likeness (QED) is 0.868. The second kappa shape index (κ2) is 4.96. The Morgan fingerprint density at radius 3 is 3.00 bits per heavy atom. The Labute approximate surface area is 122 Å². The number of benzene rings is 1. The van der Waals surface area contributed by atoms with E-state index in [-0.39, 0.29) is 18.1 Å². The lowest BCUT2D eigenvalue weighted by Crippen LogP contribution is -2.51. The molecule has 1 amide bonds. The van der Waals surface area contributed by atoms with Crippen LogP contribution in [0, 0.1) is 0 Å². The highest BCUT2D eigenvalue weighted by Gasteiger charge is 2.36. The van der Waals surface area contributed by atoms with Crippen molar-refractivity contribution in [1.82, 2.24) is 15.3 Å². The predicted molar refractivity (Wildman–Crippen MR) is 75.5 cm³/mol. The van der Waals surface area contributed by atoms with Crippen LogP contribution in [0.2, 0.25) is 0 Å². The van der Waals surface area contributed by atoms with Gasteiger partial charge < -0.3 is 19.4 Å². The van der Waals surface area contributed by atoms with Crippen LogP contribution in [0.1, 0.15) is 6.42 Å². The summed E-state index contributed by atoms with van der Waals surface area (Å²) in [5.74, 6) is 1.62. The molecular formula is C15H17N3O3. The lowest BCUT2D eigenvalue weighted by molar-refractivity contribution is -0.135. The van der Waals surface area contributed by atoms with Crippen LogP contribution in [-0.4, -0.2) is 47.7 Å². The summed E-state index contributed by atoms with van der Waals surface area (Å²) in [6, 6.07) is 7.52. The van der Waals surface area contributed by atoms with E-state index < -0.39 is 0 Å². The average molecular weight is 287 g/mol. The highest BCUT2D eigenvalue weighted by Crippen LogP contribution is 2.31. The minimum atomic E-state index is -0.144. The number of para-hydroxylation sites is 2. The molecule has 0 bridgehead atoms. The van der Waals surface area contributed by atoms with Gasteiger partial charge in [0, 0.05) is 18.9 Å². The topological polar surface area (TPSA) is 54.0 Å². The molecule has 0 aliphatic carbocycles. The van der Waals surface area contributed by atoms with Crippen LogP contribution in [0.15, 0.2) is 36.7 Å². The van der Waals surface area contributed by atoms with Crippen molar-refractivity contribution in [3.05, 3.63) is 36.7 Å². The van der Waals surface area contributed by atoms with E-state index in [0.29, 0.717) is 13.2 Å². The lowest BCUT2D eigenvalue weighted by Gasteiger charge is -2.35. The summed E-state index contributed by atoms with van der Waals surface area (Å²) in [5.41, 5.74) is 3.17. The second-order valence-electron chi connectivity index (χ2n) is 5.41. The van der Waals surface area contributed by atoms with Gasteiger partial charge in [-0.25, -0.2) is 5.43 Å². The van der Waals surface area contributed by atoms with E-state index in [1.54, 1.807) is 11.1 Å². The number of hydrogen-bond acceptors (Lipinski definition) is 5. The molecule has 1 aromatic rings. The Morgan fingerprint density at radius 2 is 2.10 bits per heavy atom. The van der Waals surface area contributed by atoms with Crippen molar-refractivity contribution in [2.75, 3.05) is 19.7 Å². The summed E-state index contributed by atoms with van der Waals surface area (Å²) in [6.07, 6.45) is 4.41. The van der Waals surface area contributed by atoms with Crippen LogP contribution in [0.4, 0.5) is 0 Å². The summed E-state index contributed by atoms with van der Waals surface area (Å²) in [6.45, 7) is 1.81. The fourth-order valence-electron chi connectivity index (χ4n) is 2.92. The van der Waals surface area contributed by atoms with Gasteiger partial charge >= 0.3 is 0 Å². The van der Waals surface area contributed by atoms with Crippen LogP contribution in [0.3, 0.4) is 0 Å². The number of nitrogens with one attached hydrogen (secondary N) is 1. The third-order valence-corrected chi connectivity index (χ3v) is 3.99. The fourth-order valence-corrected chi connectivity index (χ4v) is 2.92. The van der Waals surface area contributed by atoms with Crippen molar-refractivity contribution < 1.29 is 14.3 Å². The first-order chi connectivity index (χ1) is 10.3. The number of amides is 1. The Hall–Kier alpha value is -2.21. The van der Waals surface area contributed by atoms with Crippen LogP contribution >= 0.6 is 0 Å². The van der Waals surface area contributed by atoms with Crippen molar-refractivity contribution in [2.45, 2.75) is 18.6 Å². The van der Waals surface area contributed by atoms with E-state index in [2.05, 4.69) is 5.43 Å². The van der Waals surface area contributed by atoms with Crippen LogP contribution in [0.5, 0.6) is 11.5 Å². The Kier molecular flexibility index (Phi) is 2.96. The van der Waals surface area contributed by atoms with Gasteiger partial charge in [0.2, 0.25) is 0 Å². The van der Waals surface area contributed by atoms with Gasteiger partial charge in [0.1, 0.15) is 12.6 Å². The van der Waals surface area contributed by atoms with Gasteiger partial charge in [0.25, 0.3) is 5.91 Å². The maximum atomic E-state index is 12.4. The van der Waals surface area contributed by atoms with Crippen LogP contribution < -0.4 is 14.9 Å². The zero-order valence-corrected chi connectivity index (χ0v) is 11.6. The fraction of sp³-hybridized carbons (Fsp3) is 0.400. The average Bonchev–Trinajstić information content (AvgIpc) is 2.99. The molecule has 21 heavy (non-hydrogen) atoms. The van der Waals surface area contributed by atoms with Gasteiger partial charge in [0.05, 0.1) is 6.54 Å². The van der Waals surface area contributed by atoms with Gasteiger partial charge in [-0.1, -0.05) is 12.1 Å². The molecule has 1 N–H and O–H groups in total. The van der Waals surface area contributed by atoms with E-state index in [1.807, 2.05) is 35.5 Å². The number of carbonyl (C=O) groups excluding carboxylic acids is 1. The Balaban J connectivity index is 1.45. The maximum Gasteiger partial charge on any atom is 0.251 e. The minimum absolute atomic E-state index is 0.0909. The molecule has 2 unspecified atom stereocenters. The normalized spacial score (nSPS) is 27.0. The molecule has 4 rings (SSSR count). The van der Waals surface area contributed by atoms with Crippen molar-refractivity contribution >= 4 is 5.91 Å². The second-order valence-corrected chi connectivity index (χ2v) is 5.41. The van der Waals surface area contributed by atoms with Gasteiger partial charge in [0.15, 0.2) is 17.6 Å². The molecule has 1 fully saturated rings. The third-order valence-electron chi connectivity index (χ3n) is 3.99. The summed E-state index contributed by atoms with van der Waals surface area (Å²) in [4.78, 5) is 14.2. The molecule has 0 aromatic heterocycles. The Bertz CT molecular complexity index is 589. The van der Waals surface area contributed by atoms with Gasteiger partial charge in [-0.3, -0.25) is 4.79 Å². The largest absolute Gasteiger partial charge is 0.486 e. The predicted octanol–water partition coefficient (Wildman–Crippen LogP) is 0.719. The van der Waals surface area contributed by atoms with E-state index in [0.717, 1.165) is 24.5 Å². The molecule has 3 aliphatic heterocycles. The zero-order chi connectivity index (χ0) is 14.2. The van der Waals surface area contributed by atoms with Crippen molar-refractivity contribution in [3.63, 3.8) is 0 Å². The Morgan fingerprint density at radius 1 is 1.24 bits per heavy atom. The number of ether oxygens (including phenoxy) is 2. The molecule has 3 heterocycles. The molecule has 6 heteroatoms. The number of carbonyl (C=O) groups is 1. The number of nitrogens with zero attached hydrogens (tertiary/aromatic N) is 2. The smallest absolute Gasteiger partial charge is 0.251 e. The number of fused-ring (bicyclic) bond motifs is 2. The highest BCUT2D eigenvalue weighted by atomic mass is 16.6.